The molecule has 27 heavy (non-hydrogen) atoms. The number of carbonyl (C=O) groups excluding carboxylic acids is 2. The van der Waals surface area contributed by atoms with Crippen molar-refractivity contribution in [1.82, 2.24) is 10.6 Å². The molecule has 2 aromatic carbocycles. The van der Waals surface area contributed by atoms with Crippen LogP contribution in [-0.2, 0) is 4.79 Å². The first-order chi connectivity index (χ1) is 13.0. The van der Waals surface area contributed by atoms with Crippen molar-refractivity contribution >= 4 is 23.4 Å². The molecule has 2 rings (SSSR count). The van der Waals surface area contributed by atoms with E-state index in [0.717, 1.165) is 16.9 Å². The Kier molecular flexibility index (Phi) is 8.14. The lowest BCUT2D eigenvalue weighted by molar-refractivity contribution is -0.121. The number of aryl methyl sites for hydroxylation is 2. The first-order valence-electron chi connectivity index (χ1n) is 8.97. The maximum atomic E-state index is 11.9. The topological polar surface area (TPSA) is 67.4 Å². The highest BCUT2D eigenvalue weighted by atomic mass is 35.5. The predicted octanol–water partition coefficient (Wildman–Crippen LogP) is 3.66. The fourth-order valence-corrected chi connectivity index (χ4v) is 2.82. The van der Waals surface area contributed by atoms with Crippen LogP contribution < -0.4 is 15.4 Å². The second-order valence-electron chi connectivity index (χ2n) is 6.29. The van der Waals surface area contributed by atoms with Crippen LogP contribution in [0, 0.1) is 13.8 Å². The molecule has 0 heterocycles. The smallest absolute Gasteiger partial charge is 0.251 e. The SMILES string of the molecule is Cc1cccc(C)c1OCCCC(=O)NCCNC(=O)c1cccc(Cl)c1. The summed E-state index contributed by atoms with van der Waals surface area (Å²) in [4.78, 5) is 23.8. The molecule has 0 unspecified atom stereocenters. The standard InChI is InChI=1S/C21H25ClN2O3/c1-15-6-3-7-16(2)20(15)27-13-5-10-19(25)23-11-12-24-21(26)17-8-4-9-18(22)14-17/h3-4,6-9,14H,5,10-13H2,1-2H3,(H,23,25)(H,24,26). The highest BCUT2D eigenvalue weighted by Gasteiger charge is 2.07. The van der Waals surface area contributed by atoms with E-state index < -0.39 is 0 Å². The van der Waals surface area contributed by atoms with Crippen molar-refractivity contribution in [2.75, 3.05) is 19.7 Å². The van der Waals surface area contributed by atoms with Gasteiger partial charge in [-0.05, 0) is 49.6 Å². The minimum absolute atomic E-state index is 0.0582. The number of rotatable bonds is 9. The van der Waals surface area contributed by atoms with Gasteiger partial charge < -0.3 is 15.4 Å². The normalized spacial score (nSPS) is 10.3. The molecule has 0 aromatic heterocycles. The summed E-state index contributed by atoms with van der Waals surface area (Å²) < 4.78 is 5.79. The van der Waals surface area contributed by atoms with E-state index in [0.29, 0.717) is 43.1 Å². The van der Waals surface area contributed by atoms with E-state index in [9.17, 15) is 9.59 Å². The molecule has 0 aliphatic heterocycles. The van der Waals surface area contributed by atoms with E-state index in [2.05, 4.69) is 10.6 Å². The van der Waals surface area contributed by atoms with Gasteiger partial charge in [-0.3, -0.25) is 9.59 Å². The highest BCUT2D eigenvalue weighted by Crippen LogP contribution is 2.22. The fourth-order valence-electron chi connectivity index (χ4n) is 2.63. The van der Waals surface area contributed by atoms with Crippen molar-refractivity contribution in [3.05, 3.63) is 64.2 Å². The third-order valence-corrected chi connectivity index (χ3v) is 4.26. The molecule has 0 saturated carbocycles. The van der Waals surface area contributed by atoms with Crippen molar-refractivity contribution in [2.24, 2.45) is 0 Å². The minimum Gasteiger partial charge on any atom is -0.493 e. The van der Waals surface area contributed by atoms with Gasteiger partial charge >= 0.3 is 0 Å². The zero-order valence-electron chi connectivity index (χ0n) is 15.7. The molecule has 0 bridgehead atoms. The number of ether oxygens (including phenoxy) is 1. The van der Waals surface area contributed by atoms with Gasteiger partial charge in [0.1, 0.15) is 5.75 Å². The molecule has 0 spiro atoms. The van der Waals surface area contributed by atoms with Gasteiger partial charge in [-0.25, -0.2) is 0 Å². The van der Waals surface area contributed by atoms with Gasteiger partial charge in [0.2, 0.25) is 5.91 Å². The Morgan fingerprint density at radius 3 is 2.37 bits per heavy atom. The number of halogens is 1. The lowest BCUT2D eigenvalue weighted by atomic mass is 10.1. The number of amides is 2. The van der Waals surface area contributed by atoms with E-state index >= 15 is 0 Å². The Morgan fingerprint density at radius 1 is 1.00 bits per heavy atom. The minimum atomic E-state index is -0.214. The fraction of sp³-hybridized carbons (Fsp3) is 0.333. The molecule has 0 radical (unpaired) electrons. The molecular formula is C21H25ClN2O3. The molecule has 144 valence electrons. The molecule has 2 amide bonds. The lowest BCUT2D eigenvalue weighted by Gasteiger charge is -2.12. The third-order valence-electron chi connectivity index (χ3n) is 4.02. The Morgan fingerprint density at radius 2 is 1.67 bits per heavy atom. The molecule has 0 fully saturated rings. The van der Waals surface area contributed by atoms with Crippen LogP contribution in [0.5, 0.6) is 5.75 Å². The number of carbonyl (C=O) groups is 2. The maximum Gasteiger partial charge on any atom is 0.251 e. The second-order valence-corrected chi connectivity index (χ2v) is 6.73. The Bertz CT molecular complexity index is 772. The average Bonchev–Trinajstić information content (AvgIpc) is 2.64. The van der Waals surface area contributed by atoms with Crippen molar-refractivity contribution < 1.29 is 14.3 Å². The average molecular weight is 389 g/mol. The summed E-state index contributed by atoms with van der Waals surface area (Å²) in [5.41, 5.74) is 2.68. The first-order valence-corrected chi connectivity index (χ1v) is 9.34. The van der Waals surface area contributed by atoms with Crippen molar-refractivity contribution in [2.45, 2.75) is 26.7 Å². The second kappa shape index (κ2) is 10.6. The van der Waals surface area contributed by atoms with Gasteiger partial charge in [0.15, 0.2) is 0 Å². The Hall–Kier alpha value is -2.53. The zero-order valence-corrected chi connectivity index (χ0v) is 16.4. The van der Waals surface area contributed by atoms with Crippen LogP contribution in [0.4, 0.5) is 0 Å². The highest BCUT2D eigenvalue weighted by molar-refractivity contribution is 6.30. The summed E-state index contributed by atoms with van der Waals surface area (Å²) in [6, 6.07) is 12.7. The molecular weight excluding hydrogens is 364 g/mol. The van der Waals surface area contributed by atoms with E-state index in [-0.39, 0.29) is 11.8 Å². The van der Waals surface area contributed by atoms with Crippen LogP contribution in [0.1, 0.15) is 34.3 Å². The van der Waals surface area contributed by atoms with Crippen LogP contribution in [0.2, 0.25) is 5.02 Å². The molecule has 0 aliphatic carbocycles. The summed E-state index contributed by atoms with van der Waals surface area (Å²) in [5.74, 6) is 0.618. The van der Waals surface area contributed by atoms with Gasteiger partial charge in [0, 0.05) is 30.1 Å². The van der Waals surface area contributed by atoms with Crippen molar-refractivity contribution in [3.63, 3.8) is 0 Å². The van der Waals surface area contributed by atoms with Crippen molar-refractivity contribution in [3.8, 4) is 5.75 Å². The van der Waals surface area contributed by atoms with Crippen LogP contribution in [0.15, 0.2) is 42.5 Å². The number of hydrogen-bond donors (Lipinski definition) is 2. The molecule has 0 saturated heterocycles. The first kappa shape index (κ1) is 20.8. The summed E-state index contributed by atoms with van der Waals surface area (Å²) >= 11 is 5.86. The molecule has 0 atom stereocenters. The van der Waals surface area contributed by atoms with E-state index in [1.165, 1.54) is 0 Å². The van der Waals surface area contributed by atoms with Crippen LogP contribution in [-0.4, -0.2) is 31.5 Å². The quantitative estimate of drug-likeness (QED) is 0.644. The summed E-state index contributed by atoms with van der Waals surface area (Å²) in [6.45, 7) is 5.24. The molecule has 6 heteroatoms. The van der Waals surface area contributed by atoms with E-state index in [4.69, 9.17) is 16.3 Å². The number of nitrogens with one attached hydrogen (secondary N) is 2. The van der Waals surface area contributed by atoms with Crippen LogP contribution >= 0.6 is 11.6 Å². The van der Waals surface area contributed by atoms with Crippen LogP contribution in [0.3, 0.4) is 0 Å². The Balaban J connectivity index is 1.59. The van der Waals surface area contributed by atoms with Gasteiger partial charge in [0.25, 0.3) is 5.91 Å². The van der Waals surface area contributed by atoms with Gasteiger partial charge in [-0.15, -0.1) is 0 Å². The van der Waals surface area contributed by atoms with Crippen LogP contribution in [0.25, 0.3) is 0 Å². The van der Waals surface area contributed by atoms with Gasteiger partial charge in [-0.2, -0.15) is 0 Å². The van der Waals surface area contributed by atoms with Gasteiger partial charge in [0.05, 0.1) is 6.61 Å². The monoisotopic (exact) mass is 388 g/mol. The third kappa shape index (κ3) is 6.94. The maximum absolute atomic E-state index is 11.9. The van der Waals surface area contributed by atoms with Crippen molar-refractivity contribution in [1.29, 1.82) is 0 Å². The molecule has 5 nitrogen and oxygen atoms in total. The summed E-state index contributed by atoms with van der Waals surface area (Å²) in [5, 5.41) is 6.05. The van der Waals surface area contributed by atoms with E-state index in [1.807, 2.05) is 32.0 Å². The van der Waals surface area contributed by atoms with E-state index in [1.54, 1.807) is 24.3 Å². The summed E-state index contributed by atoms with van der Waals surface area (Å²) in [6.07, 6.45) is 1.02. The number of para-hydroxylation sites is 1. The predicted molar refractivity (Wildman–Crippen MR) is 107 cm³/mol. The lowest BCUT2D eigenvalue weighted by Crippen LogP contribution is -2.34. The largest absolute Gasteiger partial charge is 0.493 e. The number of hydrogen-bond acceptors (Lipinski definition) is 3. The molecule has 0 aliphatic rings. The molecule has 2 aromatic rings. The summed E-state index contributed by atoms with van der Waals surface area (Å²) in [7, 11) is 0. The Labute approximate surface area is 165 Å². The van der Waals surface area contributed by atoms with Gasteiger partial charge in [-0.1, -0.05) is 35.9 Å². The molecule has 2 N–H and O–H groups in total. The zero-order chi connectivity index (χ0) is 19.6. The number of benzene rings is 2.